The summed E-state index contributed by atoms with van der Waals surface area (Å²) < 4.78 is 20.2. The van der Waals surface area contributed by atoms with Gasteiger partial charge in [-0.1, -0.05) is 54.6 Å². The van der Waals surface area contributed by atoms with Crippen LogP contribution in [0, 0.1) is 12.7 Å². The van der Waals surface area contributed by atoms with Crippen LogP contribution < -0.4 is 5.32 Å². The molecule has 2 heterocycles. The number of nitrogens with one attached hydrogen (secondary N) is 1. The highest BCUT2D eigenvalue weighted by atomic mass is 19.1. The average molecular weight is 516 g/mol. The van der Waals surface area contributed by atoms with Gasteiger partial charge in [0.1, 0.15) is 17.6 Å². The Kier molecular flexibility index (Phi) is 7.24. The third kappa shape index (κ3) is 5.04. The Bertz CT molecular complexity index is 1340. The van der Waals surface area contributed by atoms with Crippen LogP contribution in [0.3, 0.4) is 0 Å². The number of nitrogens with zero attached hydrogens (tertiary/aromatic N) is 2. The van der Waals surface area contributed by atoms with Crippen molar-refractivity contribution in [1.29, 1.82) is 0 Å². The molecule has 0 aromatic heterocycles. The Balaban J connectivity index is 1.37. The predicted molar refractivity (Wildman–Crippen MR) is 140 cm³/mol. The lowest BCUT2D eigenvalue weighted by Gasteiger charge is -2.44. The van der Waals surface area contributed by atoms with Crippen molar-refractivity contribution >= 4 is 17.7 Å². The summed E-state index contributed by atoms with van der Waals surface area (Å²) in [5, 5.41) is 2.91. The van der Waals surface area contributed by atoms with Crippen molar-refractivity contribution in [3.8, 4) is 0 Å². The summed E-state index contributed by atoms with van der Waals surface area (Å²) in [5.41, 5.74) is 1.55. The van der Waals surface area contributed by atoms with Gasteiger partial charge < -0.3 is 15.0 Å². The van der Waals surface area contributed by atoms with Gasteiger partial charge in [0.2, 0.25) is 5.91 Å². The summed E-state index contributed by atoms with van der Waals surface area (Å²) in [7, 11) is 0. The van der Waals surface area contributed by atoms with Gasteiger partial charge in [-0.05, 0) is 42.3 Å². The number of aryl methyl sites for hydroxylation is 1. The highest BCUT2D eigenvalue weighted by Gasteiger charge is 2.54. The second-order valence-electron chi connectivity index (χ2n) is 9.77. The molecule has 2 aliphatic rings. The zero-order valence-electron chi connectivity index (χ0n) is 21.2. The number of carbonyl (C=O) groups excluding carboxylic acids is 3. The Labute approximate surface area is 221 Å². The normalized spacial score (nSPS) is 18.4. The smallest absolute Gasteiger partial charge is 0.256 e. The average Bonchev–Trinajstić information content (AvgIpc) is 3.30. The highest BCUT2D eigenvalue weighted by Crippen LogP contribution is 2.39. The lowest BCUT2D eigenvalue weighted by atomic mass is 9.95. The number of hydrogen-bond donors (Lipinski definition) is 1. The van der Waals surface area contributed by atoms with Gasteiger partial charge >= 0.3 is 0 Å². The minimum Gasteiger partial charge on any atom is -0.353 e. The molecule has 0 aliphatic carbocycles. The Morgan fingerprint density at radius 3 is 2.37 bits per heavy atom. The van der Waals surface area contributed by atoms with Gasteiger partial charge in [0.05, 0.1) is 6.61 Å². The van der Waals surface area contributed by atoms with Crippen LogP contribution in [0.2, 0.25) is 0 Å². The first-order chi connectivity index (χ1) is 18.4. The van der Waals surface area contributed by atoms with E-state index in [9.17, 15) is 18.8 Å². The van der Waals surface area contributed by atoms with E-state index in [2.05, 4.69) is 5.32 Å². The molecule has 1 N–H and O–H groups in total. The van der Waals surface area contributed by atoms with Crippen molar-refractivity contribution in [1.82, 2.24) is 15.1 Å². The van der Waals surface area contributed by atoms with Gasteiger partial charge in [0.25, 0.3) is 11.8 Å². The Hall–Kier alpha value is -4.04. The molecule has 3 amide bonds. The number of rotatable bonds is 5. The molecule has 196 valence electrons. The molecule has 38 heavy (non-hydrogen) atoms. The number of benzene rings is 3. The fourth-order valence-electron chi connectivity index (χ4n) is 5.27. The van der Waals surface area contributed by atoms with E-state index < -0.39 is 23.5 Å². The second-order valence-corrected chi connectivity index (χ2v) is 9.77. The lowest BCUT2D eigenvalue weighted by Crippen LogP contribution is -2.59. The summed E-state index contributed by atoms with van der Waals surface area (Å²) in [4.78, 5) is 43.5. The largest absolute Gasteiger partial charge is 0.353 e. The first kappa shape index (κ1) is 25.6. The van der Waals surface area contributed by atoms with Crippen LogP contribution in [0.5, 0.6) is 0 Å². The third-order valence-corrected chi connectivity index (χ3v) is 7.37. The first-order valence-corrected chi connectivity index (χ1v) is 12.8. The van der Waals surface area contributed by atoms with Crippen molar-refractivity contribution in [3.63, 3.8) is 0 Å². The molecule has 0 bridgehead atoms. The lowest BCUT2D eigenvalue weighted by molar-refractivity contribution is -0.128. The molecule has 8 heteroatoms. The van der Waals surface area contributed by atoms with Crippen LogP contribution >= 0.6 is 0 Å². The maximum atomic E-state index is 14.0. The Morgan fingerprint density at radius 2 is 1.66 bits per heavy atom. The number of likely N-dealkylation sites (tertiary alicyclic amines) is 1. The second kappa shape index (κ2) is 10.8. The standard InChI is InChI=1S/C30H30FN3O4/c1-21-8-5-6-13-25(21)29(37)33-16-14-30(15-17-33)34(28(36)23-11-7-12-24(31)18-23)26(20-38-30)27(35)32-19-22-9-3-2-4-10-22/h2-13,18,26H,14-17,19-20H2,1H3,(H,32,35)/t26-/m0/s1. The van der Waals surface area contributed by atoms with E-state index in [1.54, 1.807) is 11.0 Å². The fraction of sp³-hybridized carbons (Fsp3) is 0.300. The van der Waals surface area contributed by atoms with Crippen molar-refractivity contribution in [2.45, 2.75) is 38.1 Å². The molecule has 0 radical (unpaired) electrons. The molecule has 1 atom stereocenters. The summed E-state index contributed by atoms with van der Waals surface area (Å²) in [6, 6.07) is 21.5. The van der Waals surface area contributed by atoms with E-state index in [1.807, 2.05) is 55.5 Å². The molecule has 2 saturated heterocycles. The van der Waals surface area contributed by atoms with Crippen molar-refractivity contribution < 1.29 is 23.5 Å². The van der Waals surface area contributed by atoms with Crippen LogP contribution in [-0.4, -0.2) is 59.0 Å². The highest BCUT2D eigenvalue weighted by molar-refractivity contribution is 5.99. The van der Waals surface area contributed by atoms with Gasteiger partial charge in [-0.25, -0.2) is 4.39 Å². The predicted octanol–water partition coefficient (Wildman–Crippen LogP) is 3.92. The topological polar surface area (TPSA) is 79.0 Å². The van der Waals surface area contributed by atoms with Gasteiger partial charge in [-0.15, -0.1) is 0 Å². The van der Waals surface area contributed by atoms with Crippen LogP contribution in [0.4, 0.5) is 4.39 Å². The van der Waals surface area contributed by atoms with E-state index in [0.717, 1.165) is 11.1 Å². The number of carbonyl (C=O) groups is 3. The molecule has 0 unspecified atom stereocenters. The SMILES string of the molecule is Cc1ccccc1C(=O)N1CCC2(CC1)OC[C@@H](C(=O)NCc1ccccc1)N2C(=O)c1cccc(F)c1. The molecule has 2 fully saturated rings. The van der Waals surface area contributed by atoms with Gasteiger partial charge in [0, 0.05) is 43.6 Å². The molecule has 3 aromatic rings. The monoisotopic (exact) mass is 515 g/mol. The van der Waals surface area contributed by atoms with Crippen molar-refractivity contribution in [2.75, 3.05) is 19.7 Å². The van der Waals surface area contributed by atoms with Crippen LogP contribution in [-0.2, 0) is 16.1 Å². The maximum Gasteiger partial charge on any atom is 0.256 e. The minimum atomic E-state index is -1.07. The van der Waals surface area contributed by atoms with Crippen molar-refractivity contribution in [3.05, 3.63) is 107 Å². The zero-order chi connectivity index (χ0) is 26.7. The van der Waals surface area contributed by atoms with Crippen LogP contribution in [0.1, 0.15) is 44.7 Å². The molecular formula is C30H30FN3O4. The Morgan fingerprint density at radius 1 is 0.947 bits per heavy atom. The fourth-order valence-corrected chi connectivity index (χ4v) is 5.27. The summed E-state index contributed by atoms with van der Waals surface area (Å²) in [6.45, 7) is 2.95. The van der Waals surface area contributed by atoms with E-state index in [0.29, 0.717) is 38.0 Å². The number of hydrogen-bond acceptors (Lipinski definition) is 4. The number of halogens is 1. The van der Waals surface area contributed by atoms with Gasteiger partial charge in [-0.3, -0.25) is 19.3 Å². The molecule has 2 aliphatic heterocycles. The molecular weight excluding hydrogens is 485 g/mol. The van der Waals surface area contributed by atoms with Gasteiger partial charge in [-0.2, -0.15) is 0 Å². The molecule has 7 nitrogen and oxygen atoms in total. The minimum absolute atomic E-state index is 0.0212. The van der Waals surface area contributed by atoms with Crippen LogP contribution in [0.25, 0.3) is 0 Å². The molecule has 0 saturated carbocycles. The molecule has 5 rings (SSSR count). The first-order valence-electron chi connectivity index (χ1n) is 12.8. The quantitative estimate of drug-likeness (QED) is 0.559. The van der Waals surface area contributed by atoms with E-state index in [-0.39, 0.29) is 24.0 Å². The number of amides is 3. The van der Waals surface area contributed by atoms with Crippen LogP contribution in [0.15, 0.2) is 78.9 Å². The maximum absolute atomic E-state index is 14.0. The van der Waals surface area contributed by atoms with E-state index in [1.165, 1.54) is 29.2 Å². The van der Waals surface area contributed by atoms with E-state index in [4.69, 9.17) is 4.74 Å². The van der Waals surface area contributed by atoms with E-state index >= 15 is 0 Å². The molecule has 3 aromatic carbocycles. The number of piperidine rings is 1. The zero-order valence-corrected chi connectivity index (χ0v) is 21.2. The van der Waals surface area contributed by atoms with Crippen molar-refractivity contribution in [2.24, 2.45) is 0 Å². The number of ether oxygens (including phenoxy) is 1. The summed E-state index contributed by atoms with van der Waals surface area (Å²) in [6.07, 6.45) is 0.683. The summed E-state index contributed by atoms with van der Waals surface area (Å²) in [5.74, 6) is -1.42. The third-order valence-electron chi connectivity index (χ3n) is 7.37. The summed E-state index contributed by atoms with van der Waals surface area (Å²) >= 11 is 0. The molecule has 1 spiro atoms. The van der Waals surface area contributed by atoms with Gasteiger partial charge in [0.15, 0.2) is 0 Å².